The molecule has 0 fully saturated rings. The van der Waals surface area contributed by atoms with Gasteiger partial charge in [0.25, 0.3) is 0 Å². The van der Waals surface area contributed by atoms with Crippen LogP contribution < -0.4 is 4.90 Å². The lowest BCUT2D eigenvalue weighted by atomic mass is 10.3. The Morgan fingerprint density at radius 1 is 1.20 bits per heavy atom. The second-order valence-electron chi connectivity index (χ2n) is 3.71. The zero-order valence-corrected chi connectivity index (χ0v) is 9.60. The second-order valence-corrected chi connectivity index (χ2v) is 3.71. The van der Waals surface area contributed by atoms with Crippen LogP contribution in [-0.4, -0.2) is 38.0 Å². The Bertz CT molecular complexity index is 309. The molecule has 1 amide bonds. The summed E-state index contributed by atoms with van der Waals surface area (Å²) in [6, 6.07) is 9.75. The number of benzene rings is 1. The Hall–Kier alpha value is -1.35. The minimum Gasteiger partial charge on any atom is -0.312 e. The second kappa shape index (κ2) is 5.51. The largest absolute Gasteiger partial charge is 0.312 e. The smallest absolute Gasteiger partial charge is 0.241 e. The van der Waals surface area contributed by atoms with Crippen LogP contribution in [-0.2, 0) is 4.79 Å². The fourth-order valence-corrected chi connectivity index (χ4v) is 1.47. The summed E-state index contributed by atoms with van der Waals surface area (Å²) in [4.78, 5) is 15.5. The molecule has 0 aliphatic heterocycles. The highest BCUT2D eigenvalue weighted by Gasteiger charge is 2.13. The van der Waals surface area contributed by atoms with E-state index in [-0.39, 0.29) is 5.91 Å². The molecule has 1 rings (SSSR count). The Morgan fingerprint density at radius 3 is 2.27 bits per heavy atom. The molecule has 1 aromatic rings. The van der Waals surface area contributed by atoms with Crippen molar-refractivity contribution >= 4 is 11.6 Å². The van der Waals surface area contributed by atoms with E-state index in [1.807, 2.05) is 56.3 Å². The molecule has 3 nitrogen and oxygen atoms in total. The number of amides is 1. The molecule has 0 spiro atoms. The van der Waals surface area contributed by atoms with Crippen LogP contribution in [0.5, 0.6) is 0 Å². The molecule has 0 heterocycles. The maximum Gasteiger partial charge on any atom is 0.241 e. The van der Waals surface area contributed by atoms with Gasteiger partial charge < -0.3 is 9.80 Å². The van der Waals surface area contributed by atoms with Crippen LogP contribution in [0.2, 0.25) is 0 Å². The summed E-state index contributed by atoms with van der Waals surface area (Å²) < 4.78 is 0. The molecular weight excluding hydrogens is 188 g/mol. The molecule has 0 aromatic heterocycles. The van der Waals surface area contributed by atoms with Gasteiger partial charge in [-0.15, -0.1) is 0 Å². The van der Waals surface area contributed by atoms with Gasteiger partial charge in [0, 0.05) is 12.2 Å². The molecule has 0 saturated carbocycles. The Balaban J connectivity index is 2.76. The average Bonchev–Trinajstić information content (AvgIpc) is 2.19. The maximum atomic E-state index is 11.9. The number of carbonyl (C=O) groups is 1. The average molecular weight is 206 g/mol. The van der Waals surface area contributed by atoms with Gasteiger partial charge in [0.15, 0.2) is 0 Å². The van der Waals surface area contributed by atoms with Gasteiger partial charge in [-0.25, -0.2) is 0 Å². The zero-order valence-electron chi connectivity index (χ0n) is 9.60. The first kappa shape index (κ1) is 11.7. The van der Waals surface area contributed by atoms with Crippen LogP contribution in [0.25, 0.3) is 0 Å². The lowest BCUT2D eigenvalue weighted by Crippen LogP contribution is -2.37. The van der Waals surface area contributed by atoms with Crippen LogP contribution in [0.15, 0.2) is 30.3 Å². The molecule has 0 atom stereocenters. The summed E-state index contributed by atoms with van der Waals surface area (Å²) >= 11 is 0. The van der Waals surface area contributed by atoms with Crippen LogP contribution in [0.1, 0.15) is 6.92 Å². The lowest BCUT2D eigenvalue weighted by Gasteiger charge is -2.22. The van der Waals surface area contributed by atoms with Crippen molar-refractivity contribution in [3.8, 4) is 0 Å². The van der Waals surface area contributed by atoms with Gasteiger partial charge >= 0.3 is 0 Å². The van der Waals surface area contributed by atoms with Crippen molar-refractivity contribution in [1.29, 1.82) is 0 Å². The topological polar surface area (TPSA) is 23.6 Å². The molecule has 3 heteroatoms. The van der Waals surface area contributed by atoms with Gasteiger partial charge in [0.2, 0.25) is 5.91 Å². The van der Waals surface area contributed by atoms with E-state index >= 15 is 0 Å². The van der Waals surface area contributed by atoms with E-state index in [4.69, 9.17) is 0 Å². The summed E-state index contributed by atoms with van der Waals surface area (Å²) in [7, 11) is 3.80. The maximum absolute atomic E-state index is 11.9. The molecule has 1 aromatic carbocycles. The van der Waals surface area contributed by atoms with Crippen LogP contribution in [0.4, 0.5) is 5.69 Å². The summed E-state index contributed by atoms with van der Waals surface area (Å²) in [5, 5.41) is 0. The molecule has 0 N–H and O–H groups in total. The van der Waals surface area contributed by atoms with Crippen LogP contribution in [0, 0.1) is 0 Å². The fourth-order valence-electron chi connectivity index (χ4n) is 1.47. The van der Waals surface area contributed by atoms with Crippen molar-refractivity contribution < 1.29 is 4.79 Å². The third-order valence-corrected chi connectivity index (χ3v) is 2.14. The van der Waals surface area contributed by atoms with E-state index in [0.29, 0.717) is 13.1 Å². The molecule has 0 aliphatic rings. The molecular formula is C12H18N2O. The van der Waals surface area contributed by atoms with Crippen molar-refractivity contribution in [3.05, 3.63) is 30.3 Å². The Labute approximate surface area is 91.3 Å². The molecule has 0 bridgehead atoms. The van der Waals surface area contributed by atoms with Gasteiger partial charge in [0.1, 0.15) is 0 Å². The Kier molecular flexibility index (Phi) is 4.31. The molecule has 0 saturated heterocycles. The molecule has 15 heavy (non-hydrogen) atoms. The van der Waals surface area contributed by atoms with Crippen molar-refractivity contribution in [3.63, 3.8) is 0 Å². The third-order valence-electron chi connectivity index (χ3n) is 2.14. The first-order valence-electron chi connectivity index (χ1n) is 5.15. The SMILES string of the molecule is CCN(C(=O)CN(C)C)c1ccccc1. The fraction of sp³-hybridized carbons (Fsp3) is 0.417. The van der Waals surface area contributed by atoms with E-state index < -0.39 is 0 Å². The first-order valence-corrected chi connectivity index (χ1v) is 5.15. The van der Waals surface area contributed by atoms with Crippen molar-refractivity contribution in [2.45, 2.75) is 6.92 Å². The normalized spacial score (nSPS) is 10.4. The number of para-hydroxylation sites is 1. The third kappa shape index (κ3) is 3.36. The lowest BCUT2D eigenvalue weighted by molar-refractivity contribution is -0.119. The van der Waals surface area contributed by atoms with Gasteiger partial charge in [-0.05, 0) is 33.2 Å². The highest BCUT2D eigenvalue weighted by Crippen LogP contribution is 2.12. The summed E-state index contributed by atoms with van der Waals surface area (Å²) in [6.07, 6.45) is 0. The van der Waals surface area contributed by atoms with Gasteiger partial charge in [-0.3, -0.25) is 4.79 Å². The highest BCUT2D eigenvalue weighted by atomic mass is 16.2. The standard InChI is InChI=1S/C12H18N2O/c1-4-14(12(15)10-13(2)3)11-8-6-5-7-9-11/h5-9H,4,10H2,1-3H3. The number of nitrogens with zero attached hydrogens (tertiary/aromatic N) is 2. The number of hydrogen-bond acceptors (Lipinski definition) is 2. The summed E-state index contributed by atoms with van der Waals surface area (Å²) in [5.74, 6) is 0.133. The number of hydrogen-bond donors (Lipinski definition) is 0. The quantitative estimate of drug-likeness (QED) is 0.747. The molecule has 82 valence electrons. The highest BCUT2D eigenvalue weighted by molar-refractivity contribution is 5.94. The van der Waals surface area contributed by atoms with E-state index in [1.165, 1.54) is 0 Å². The number of rotatable bonds is 4. The minimum atomic E-state index is 0.133. The predicted octanol–water partition coefficient (Wildman–Crippen LogP) is 1.60. The first-order chi connectivity index (χ1) is 7.15. The van der Waals surface area contributed by atoms with E-state index in [1.54, 1.807) is 4.90 Å². The molecule has 0 unspecified atom stereocenters. The zero-order chi connectivity index (χ0) is 11.3. The number of likely N-dealkylation sites (N-methyl/N-ethyl adjacent to an activating group) is 2. The van der Waals surface area contributed by atoms with Gasteiger partial charge in [0.05, 0.1) is 6.54 Å². The summed E-state index contributed by atoms with van der Waals surface area (Å²) in [5.41, 5.74) is 0.965. The number of carbonyl (C=O) groups excluding carboxylic acids is 1. The minimum absolute atomic E-state index is 0.133. The van der Waals surface area contributed by atoms with E-state index in [0.717, 1.165) is 5.69 Å². The molecule has 0 radical (unpaired) electrons. The monoisotopic (exact) mass is 206 g/mol. The molecule has 0 aliphatic carbocycles. The van der Waals surface area contributed by atoms with Gasteiger partial charge in [-0.2, -0.15) is 0 Å². The Morgan fingerprint density at radius 2 is 1.80 bits per heavy atom. The van der Waals surface area contributed by atoms with Crippen LogP contribution in [0.3, 0.4) is 0 Å². The van der Waals surface area contributed by atoms with E-state index in [2.05, 4.69) is 0 Å². The van der Waals surface area contributed by atoms with Crippen molar-refractivity contribution in [2.24, 2.45) is 0 Å². The summed E-state index contributed by atoms with van der Waals surface area (Å²) in [6.45, 7) is 3.14. The van der Waals surface area contributed by atoms with Crippen molar-refractivity contribution in [2.75, 3.05) is 32.1 Å². The predicted molar refractivity (Wildman–Crippen MR) is 63.0 cm³/mol. The number of anilines is 1. The van der Waals surface area contributed by atoms with Crippen LogP contribution >= 0.6 is 0 Å². The van der Waals surface area contributed by atoms with Crippen molar-refractivity contribution in [1.82, 2.24) is 4.90 Å². The van der Waals surface area contributed by atoms with E-state index in [9.17, 15) is 4.79 Å². The van der Waals surface area contributed by atoms with Gasteiger partial charge in [-0.1, -0.05) is 18.2 Å².